The summed E-state index contributed by atoms with van der Waals surface area (Å²) in [6, 6.07) is 5.54. The van der Waals surface area contributed by atoms with Gasteiger partial charge in [-0.1, -0.05) is 6.07 Å². The van der Waals surface area contributed by atoms with Crippen molar-refractivity contribution in [3.63, 3.8) is 0 Å². The van der Waals surface area contributed by atoms with Gasteiger partial charge in [0.1, 0.15) is 0 Å². The normalized spacial score (nSPS) is 9.86. The van der Waals surface area contributed by atoms with E-state index >= 15 is 0 Å². The van der Waals surface area contributed by atoms with Crippen molar-refractivity contribution in [2.75, 3.05) is 0 Å². The Morgan fingerprint density at radius 3 is 1.18 bits per heavy atom. The predicted octanol–water partition coefficient (Wildman–Crippen LogP) is 3.40. The van der Waals surface area contributed by atoms with Gasteiger partial charge >= 0.3 is 23.9 Å². The van der Waals surface area contributed by atoms with Gasteiger partial charge in [0.2, 0.25) is 0 Å². The molecular weight excluding hydrogens is 368 g/mol. The second kappa shape index (κ2) is 8.81. The number of carboxylic acid groups (broad SMARTS) is 4. The lowest BCUT2D eigenvalue weighted by molar-refractivity contribution is 0.0679. The zero-order chi connectivity index (χ0) is 21.8. The van der Waals surface area contributed by atoms with Gasteiger partial charge in [0.15, 0.2) is 0 Å². The van der Waals surface area contributed by atoms with Crippen LogP contribution in [0.5, 0.6) is 0 Å². The maximum atomic E-state index is 10.8. The third kappa shape index (κ3) is 4.73. The van der Waals surface area contributed by atoms with Crippen LogP contribution in [0.15, 0.2) is 24.3 Å². The smallest absolute Gasteiger partial charge is 0.336 e. The summed E-state index contributed by atoms with van der Waals surface area (Å²) in [4.78, 5) is 43.0. The van der Waals surface area contributed by atoms with Crippen LogP contribution >= 0.6 is 0 Å². The molecule has 4 N–H and O–H groups in total. The minimum atomic E-state index is -1.11. The monoisotopic (exact) mass is 388 g/mol. The lowest BCUT2D eigenvalue weighted by Gasteiger charge is -2.07. The van der Waals surface area contributed by atoms with Crippen LogP contribution < -0.4 is 0 Å². The van der Waals surface area contributed by atoms with Crippen molar-refractivity contribution in [2.45, 2.75) is 27.7 Å². The van der Waals surface area contributed by atoms with E-state index < -0.39 is 23.9 Å². The molecule has 0 atom stereocenters. The van der Waals surface area contributed by atoms with E-state index in [4.69, 9.17) is 20.4 Å². The Bertz CT molecular complexity index is 934. The Labute approximate surface area is 160 Å². The Morgan fingerprint density at radius 1 is 0.536 bits per heavy atom. The third-order valence-electron chi connectivity index (χ3n) is 4.37. The van der Waals surface area contributed by atoms with E-state index in [1.807, 2.05) is 0 Å². The average Bonchev–Trinajstić information content (AvgIpc) is 2.56. The van der Waals surface area contributed by atoms with Crippen molar-refractivity contribution in [2.24, 2.45) is 0 Å². The molecule has 2 rings (SSSR count). The van der Waals surface area contributed by atoms with Gasteiger partial charge in [0, 0.05) is 0 Å². The van der Waals surface area contributed by atoms with E-state index in [1.165, 1.54) is 31.2 Å². The quantitative estimate of drug-likeness (QED) is 0.622. The number of carboxylic acids is 4. The largest absolute Gasteiger partial charge is 0.478 e. The van der Waals surface area contributed by atoms with Gasteiger partial charge in [0.25, 0.3) is 0 Å². The van der Waals surface area contributed by atoms with E-state index in [2.05, 4.69) is 0 Å². The van der Waals surface area contributed by atoms with Crippen molar-refractivity contribution >= 4 is 23.9 Å². The Morgan fingerprint density at radius 2 is 0.857 bits per heavy atom. The Kier molecular flexibility index (Phi) is 7.03. The molecule has 0 aromatic heterocycles. The average molecular weight is 388 g/mol. The maximum Gasteiger partial charge on any atom is 0.336 e. The van der Waals surface area contributed by atoms with Crippen LogP contribution in [0.25, 0.3) is 0 Å². The van der Waals surface area contributed by atoms with Crippen molar-refractivity contribution in [1.82, 2.24) is 0 Å². The molecule has 0 fully saturated rings. The van der Waals surface area contributed by atoms with Gasteiger partial charge in [-0.05, 0) is 68.1 Å². The molecule has 2 aromatic carbocycles. The molecule has 0 spiro atoms. The molecular formula is C20H20O8. The van der Waals surface area contributed by atoms with Crippen molar-refractivity contribution < 1.29 is 39.6 Å². The van der Waals surface area contributed by atoms with Crippen LogP contribution in [0.3, 0.4) is 0 Å². The fourth-order valence-corrected chi connectivity index (χ4v) is 2.69. The zero-order valence-corrected chi connectivity index (χ0v) is 15.7. The first kappa shape index (κ1) is 22.4. The first-order chi connectivity index (χ1) is 12.9. The number of aryl methyl sites for hydroxylation is 1. The summed E-state index contributed by atoms with van der Waals surface area (Å²) < 4.78 is 0. The number of benzene rings is 2. The second-order valence-electron chi connectivity index (χ2n) is 6.06. The summed E-state index contributed by atoms with van der Waals surface area (Å²) in [5.41, 5.74) is 2.26. The summed E-state index contributed by atoms with van der Waals surface area (Å²) >= 11 is 0. The second-order valence-corrected chi connectivity index (χ2v) is 6.06. The molecule has 8 nitrogen and oxygen atoms in total. The topological polar surface area (TPSA) is 149 Å². The molecule has 0 saturated heterocycles. The summed E-state index contributed by atoms with van der Waals surface area (Å²) in [5, 5.41) is 35.2. The minimum Gasteiger partial charge on any atom is -0.478 e. The standard InChI is InChI=1S/2C10H10O4/c1-5-6(2)8(10(13)14)4-3-7(5)9(11)12;1-5-3-4-7(9(11)12)6(2)8(5)10(13)14/h2*3-4H,1-2H3,(H,11,12)(H,13,14). The van der Waals surface area contributed by atoms with E-state index in [0.29, 0.717) is 22.3 Å². The first-order valence-electron chi connectivity index (χ1n) is 8.03. The molecule has 0 aliphatic carbocycles. The lowest BCUT2D eigenvalue weighted by atomic mass is 9.98. The van der Waals surface area contributed by atoms with Gasteiger partial charge in [-0.2, -0.15) is 0 Å². The van der Waals surface area contributed by atoms with Crippen LogP contribution in [0.4, 0.5) is 0 Å². The number of rotatable bonds is 4. The number of hydrogen-bond donors (Lipinski definition) is 4. The van der Waals surface area contributed by atoms with Crippen molar-refractivity contribution in [3.8, 4) is 0 Å². The minimum absolute atomic E-state index is 0.0352. The third-order valence-corrected chi connectivity index (χ3v) is 4.37. The summed E-state index contributed by atoms with van der Waals surface area (Å²) in [5.74, 6) is -4.28. The van der Waals surface area contributed by atoms with Crippen LogP contribution in [-0.2, 0) is 0 Å². The zero-order valence-electron chi connectivity index (χ0n) is 15.7. The van der Waals surface area contributed by atoms with Crippen LogP contribution in [0, 0.1) is 27.7 Å². The Balaban J connectivity index is 0.000000280. The van der Waals surface area contributed by atoms with E-state index in [0.717, 1.165) is 0 Å². The Hall–Kier alpha value is -3.68. The number of carbonyl (C=O) groups is 4. The highest BCUT2D eigenvalue weighted by molar-refractivity contribution is 5.97. The SMILES string of the molecule is Cc1c(C(=O)O)ccc(C(=O)O)c1C.Cc1ccc(C(=O)O)c(C)c1C(=O)O. The van der Waals surface area contributed by atoms with E-state index in [1.54, 1.807) is 20.8 Å². The number of hydrogen-bond acceptors (Lipinski definition) is 4. The highest BCUT2D eigenvalue weighted by Gasteiger charge is 2.17. The van der Waals surface area contributed by atoms with Crippen molar-refractivity contribution in [1.29, 1.82) is 0 Å². The van der Waals surface area contributed by atoms with Gasteiger partial charge in [-0.15, -0.1) is 0 Å². The van der Waals surface area contributed by atoms with Gasteiger partial charge in [0.05, 0.1) is 22.3 Å². The van der Waals surface area contributed by atoms with Gasteiger partial charge < -0.3 is 20.4 Å². The molecule has 28 heavy (non-hydrogen) atoms. The number of aromatic carboxylic acids is 4. The molecule has 0 radical (unpaired) electrons. The molecule has 0 bridgehead atoms. The van der Waals surface area contributed by atoms with Gasteiger partial charge in [-0.3, -0.25) is 0 Å². The molecule has 0 aliphatic heterocycles. The lowest BCUT2D eigenvalue weighted by Crippen LogP contribution is -2.08. The fraction of sp³-hybridized carbons (Fsp3) is 0.200. The van der Waals surface area contributed by atoms with E-state index in [-0.39, 0.29) is 22.3 Å². The molecule has 2 aromatic rings. The molecule has 0 unspecified atom stereocenters. The summed E-state index contributed by atoms with van der Waals surface area (Å²) in [6.45, 7) is 6.35. The first-order valence-corrected chi connectivity index (χ1v) is 8.03. The van der Waals surface area contributed by atoms with Crippen LogP contribution in [-0.4, -0.2) is 44.3 Å². The van der Waals surface area contributed by atoms with Crippen molar-refractivity contribution in [3.05, 3.63) is 68.8 Å². The van der Waals surface area contributed by atoms with E-state index in [9.17, 15) is 19.2 Å². The van der Waals surface area contributed by atoms with Crippen LogP contribution in [0.2, 0.25) is 0 Å². The molecule has 8 heteroatoms. The highest BCUT2D eigenvalue weighted by Crippen LogP contribution is 2.19. The summed E-state index contributed by atoms with van der Waals surface area (Å²) in [6.07, 6.45) is 0. The molecule has 0 heterocycles. The maximum absolute atomic E-state index is 10.8. The molecule has 148 valence electrons. The predicted molar refractivity (Wildman–Crippen MR) is 99.7 cm³/mol. The van der Waals surface area contributed by atoms with Crippen LogP contribution in [0.1, 0.15) is 63.7 Å². The molecule has 0 amide bonds. The fourth-order valence-electron chi connectivity index (χ4n) is 2.69. The molecule has 0 saturated carbocycles. The summed E-state index contributed by atoms with van der Waals surface area (Å²) in [7, 11) is 0. The highest BCUT2D eigenvalue weighted by atomic mass is 16.4. The van der Waals surface area contributed by atoms with Gasteiger partial charge in [-0.25, -0.2) is 19.2 Å². The molecule has 0 aliphatic rings.